The minimum absolute atomic E-state index is 0. The van der Waals surface area contributed by atoms with Crippen molar-refractivity contribution in [1.82, 2.24) is 0 Å². The van der Waals surface area contributed by atoms with Gasteiger partial charge in [-0.25, -0.2) is 4.79 Å². The maximum atomic E-state index is 10.3. The van der Waals surface area contributed by atoms with E-state index >= 15 is 0 Å². The molecule has 1 aromatic carbocycles. The molecular formula is C7H6BrNaO2. The second-order valence-corrected chi connectivity index (χ2v) is 2.73. The van der Waals surface area contributed by atoms with Crippen LogP contribution in [-0.4, -0.2) is 40.6 Å². The molecular weight excluding hydrogens is 219 g/mol. The van der Waals surface area contributed by atoms with E-state index in [4.69, 9.17) is 5.11 Å². The Hall–Kier alpha value is 0.170. The van der Waals surface area contributed by atoms with Gasteiger partial charge in [-0.3, -0.25) is 0 Å². The average Bonchev–Trinajstić information content (AvgIpc) is 1.88. The normalized spacial score (nSPS) is 8.45. The number of carbonyl (C=O) groups is 1. The molecule has 0 saturated carbocycles. The third kappa shape index (κ3) is 3.38. The van der Waals surface area contributed by atoms with Crippen molar-refractivity contribution < 1.29 is 9.90 Å². The van der Waals surface area contributed by atoms with Crippen molar-refractivity contribution in [3.05, 3.63) is 34.3 Å². The molecule has 1 aromatic rings. The fourth-order valence-corrected chi connectivity index (χ4v) is 0.857. The fourth-order valence-electron chi connectivity index (χ4n) is 0.592. The predicted octanol–water partition coefficient (Wildman–Crippen LogP) is 1.50. The van der Waals surface area contributed by atoms with Crippen LogP contribution < -0.4 is 0 Å². The van der Waals surface area contributed by atoms with Crippen LogP contribution in [0, 0.1) is 0 Å². The number of carboxylic acids is 1. The molecule has 0 spiro atoms. The van der Waals surface area contributed by atoms with E-state index in [0.717, 1.165) is 4.47 Å². The average molecular weight is 225 g/mol. The monoisotopic (exact) mass is 224 g/mol. The van der Waals surface area contributed by atoms with Crippen LogP contribution in [0.15, 0.2) is 28.7 Å². The second kappa shape index (κ2) is 4.93. The number of aromatic carboxylic acids is 1. The van der Waals surface area contributed by atoms with Crippen molar-refractivity contribution in [1.29, 1.82) is 0 Å². The molecule has 54 valence electrons. The Morgan fingerprint density at radius 1 is 1.27 bits per heavy atom. The van der Waals surface area contributed by atoms with Crippen molar-refractivity contribution in [2.45, 2.75) is 0 Å². The SMILES string of the molecule is O=C(O)c1ccc(Br)cc1.[NaH]. The first-order valence-corrected chi connectivity index (χ1v) is 3.48. The molecule has 1 rings (SSSR count). The van der Waals surface area contributed by atoms with E-state index in [0.29, 0.717) is 5.56 Å². The maximum absolute atomic E-state index is 10.3. The van der Waals surface area contributed by atoms with E-state index in [1.165, 1.54) is 0 Å². The molecule has 4 heteroatoms. The van der Waals surface area contributed by atoms with E-state index < -0.39 is 5.97 Å². The number of hydrogen-bond acceptors (Lipinski definition) is 1. The Morgan fingerprint density at radius 3 is 2.09 bits per heavy atom. The van der Waals surface area contributed by atoms with Gasteiger partial charge < -0.3 is 5.11 Å². The Balaban J connectivity index is 0.000001000. The number of rotatable bonds is 1. The summed E-state index contributed by atoms with van der Waals surface area (Å²) in [5.74, 6) is -0.896. The summed E-state index contributed by atoms with van der Waals surface area (Å²) in [6.45, 7) is 0. The summed E-state index contributed by atoms with van der Waals surface area (Å²) in [5.41, 5.74) is 0.309. The fraction of sp³-hybridized carbons (Fsp3) is 0. The molecule has 0 fully saturated rings. The van der Waals surface area contributed by atoms with Gasteiger partial charge in [0.15, 0.2) is 0 Å². The van der Waals surface area contributed by atoms with Gasteiger partial charge in [-0.1, -0.05) is 15.9 Å². The minimum atomic E-state index is -0.896. The summed E-state index contributed by atoms with van der Waals surface area (Å²) in [4.78, 5) is 10.3. The van der Waals surface area contributed by atoms with Gasteiger partial charge in [0.1, 0.15) is 0 Å². The first-order chi connectivity index (χ1) is 4.70. The van der Waals surface area contributed by atoms with Crippen LogP contribution in [0.2, 0.25) is 0 Å². The zero-order valence-corrected chi connectivity index (χ0v) is 6.63. The molecule has 0 saturated heterocycles. The van der Waals surface area contributed by atoms with Gasteiger partial charge in [-0.2, -0.15) is 0 Å². The van der Waals surface area contributed by atoms with E-state index in [-0.39, 0.29) is 29.6 Å². The molecule has 2 nitrogen and oxygen atoms in total. The van der Waals surface area contributed by atoms with Crippen molar-refractivity contribution in [2.75, 3.05) is 0 Å². The van der Waals surface area contributed by atoms with E-state index in [9.17, 15) is 4.79 Å². The summed E-state index contributed by atoms with van der Waals surface area (Å²) in [6.07, 6.45) is 0. The molecule has 0 aliphatic rings. The predicted molar refractivity (Wildman–Crippen MR) is 48.3 cm³/mol. The zero-order chi connectivity index (χ0) is 7.56. The quantitative estimate of drug-likeness (QED) is 0.735. The number of carboxylic acid groups (broad SMARTS) is 1. The van der Waals surface area contributed by atoms with Crippen LogP contribution in [0.5, 0.6) is 0 Å². The Morgan fingerprint density at radius 2 is 1.73 bits per heavy atom. The molecule has 0 bridgehead atoms. The number of benzene rings is 1. The van der Waals surface area contributed by atoms with E-state index in [1.54, 1.807) is 24.3 Å². The van der Waals surface area contributed by atoms with Gasteiger partial charge in [0.2, 0.25) is 0 Å². The molecule has 0 aromatic heterocycles. The summed E-state index contributed by atoms with van der Waals surface area (Å²) < 4.78 is 0.887. The molecule has 0 heterocycles. The molecule has 0 amide bonds. The summed E-state index contributed by atoms with van der Waals surface area (Å²) in [7, 11) is 0. The summed E-state index contributed by atoms with van der Waals surface area (Å²) in [5, 5.41) is 8.46. The van der Waals surface area contributed by atoms with Crippen molar-refractivity contribution in [3.63, 3.8) is 0 Å². The first kappa shape index (κ1) is 11.2. The molecule has 0 aliphatic carbocycles. The molecule has 0 unspecified atom stereocenters. The van der Waals surface area contributed by atoms with Crippen LogP contribution in [0.3, 0.4) is 0 Å². The Kier molecular flexibility index (Phi) is 5.01. The van der Waals surface area contributed by atoms with Gasteiger partial charge in [-0.05, 0) is 24.3 Å². The van der Waals surface area contributed by atoms with Crippen LogP contribution in [0.25, 0.3) is 0 Å². The first-order valence-electron chi connectivity index (χ1n) is 2.69. The molecule has 0 atom stereocenters. The van der Waals surface area contributed by atoms with E-state index in [1.807, 2.05) is 0 Å². The van der Waals surface area contributed by atoms with Crippen LogP contribution in [0.4, 0.5) is 0 Å². The van der Waals surface area contributed by atoms with Gasteiger partial charge in [0, 0.05) is 4.47 Å². The van der Waals surface area contributed by atoms with Crippen molar-refractivity contribution in [2.24, 2.45) is 0 Å². The Labute approximate surface area is 95.0 Å². The van der Waals surface area contributed by atoms with Crippen molar-refractivity contribution >= 4 is 51.5 Å². The van der Waals surface area contributed by atoms with Gasteiger partial charge in [0.05, 0.1) is 5.56 Å². The summed E-state index contributed by atoms with van der Waals surface area (Å²) in [6, 6.07) is 6.49. The number of hydrogen-bond donors (Lipinski definition) is 1. The van der Waals surface area contributed by atoms with Gasteiger partial charge >= 0.3 is 35.5 Å². The zero-order valence-electron chi connectivity index (χ0n) is 5.04. The molecule has 0 radical (unpaired) electrons. The van der Waals surface area contributed by atoms with Gasteiger partial charge in [-0.15, -0.1) is 0 Å². The third-order valence-corrected chi connectivity index (χ3v) is 1.62. The molecule has 11 heavy (non-hydrogen) atoms. The number of halogens is 1. The van der Waals surface area contributed by atoms with Crippen LogP contribution >= 0.6 is 15.9 Å². The second-order valence-electron chi connectivity index (χ2n) is 1.81. The standard InChI is InChI=1S/C7H5BrO2.Na.H/c8-6-3-1-5(2-4-6)7(9)10;;/h1-4H,(H,9,10);;. The summed E-state index contributed by atoms with van der Waals surface area (Å²) >= 11 is 3.20. The van der Waals surface area contributed by atoms with Crippen molar-refractivity contribution in [3.8, 4) is 0 Å². The van der Waals surface area contributed by atoms with Crippen LogP contribution in [0.1, 0.15) is 10.4 Å². The van der Waals surface area contributed by atoms with E-state index in [2.05, 4.69) is 15.9 Å². The Bertz CT molecular complexity index is 245. The topological polar surface area (TPSA) is 37.3 Å². The third-order valence-electron chi connectivity index (χ3n) is 1.09. The van der Waals surface area contributed by atoms with Gasteiger partial charge in [0.25, 0.3) is 0 Å². The molecule has 1 N–H and O–H groups in total. The van der Waals surface area contributed by atoms with Crippen LogP contribution in [-0.2, 0) is 0 Å². The molecule has 0 aliphatic heterocycles.